The minimum Gasteiger partial charge on any atom is -0.495 e. The molecule has 0 aliphatic carbocycles. The molecule has 0 saturated heterocycles. The van der Waals surface area contributed by atoms with Gasteiger partial charge in [-0.1, -0.05) is 31.0 Å². The van der Waals surface area contributed by atoms with Crippen LogP contribution in [0.25, 0.3) is 0 Å². The molecule has 110 valence electrons. The maximum absolute atomic E-state index is 11.9. The molecule has 0 aromatic heterocycles. The normalized spacial score (nSPS) is 11.2. The third-order valence-corrected chi connectivity index (χ3v) is 2.90. The van der Waals surface area contributed by atoms with Crippen molar-refractivity contribution in [1.82, 2.24) is 0 Å². The highest BCUT2D eigenvalue weighted by atomic mass is 16.5. The van der Waals surface area contributed by atoms with Gasteiger partial charge >= 0.3 is 0 Å². The Morgan fingerprint density at radius 1 is 1.45 bits per heavy atom. The number of hydrogen-bond acceptors (Lipinski definition) is 4. The number of nitrogens with one attached hydrogen (secondary N) is 1. The van der Waals surface area contributed by atoms with Gasteiger partial charge in [-0.05, 0) is 18.6 Å². The van der Waals surface area contributed by atoms with Crippen LogP contribution in [0.4, 0.5) is 5.69 Å². The van der Waals surface area contributed by atoms with Crippen molar-refractivity contribution < 1.29 is 14.7 Å². The molecule has 0 bridgehead atoms. The number of benzene rings is 1. The molecule has 0 radical (unpaired) electrons. The maximum atomic E-state index is 11.9. The van der Waals surface area contributed by atoms with Crippen LogP contribution in [-0.4, -0.2) is 24.1 Å². The first kappa shape index (κ1) is 15.8. The second kappa shape index (κ2) is 8.04. The summed E-state index contributed by atoms with van der Waals surface area (Å²) in [6.45, 7) is 2.08. The number of nitrogens with zero attached hydrogens (tertiary/aromatic N) is 1. The van der Waals surface area contributed by atoms with E-state index in [2.05, 4.69) is 17.4 Å². The molecule has 0 unspecified atom stereocenters. The Bertz CT molecular complexity index is 487. The lowest BCUT2D eigenvalue weighted by atomic mass is 10.1. The molecule has 20 heavy (non-hydrogen) atoms. The zero-order valence-corrected chi connectivity index (χ0v) is 11.8. The van der Waals surface area contributed by atoms with Gasteiger partial charge < -0.3 is 21.0 Å². The SMILES string of the molecule is CCCCCC(=O)Nc1c(OC)cccc1/C(N)=N/O. The van der Waals surface area contributed by atoms with Gasteiger partial charge in [0.05, 0.1) is 12.8 Å². The number of nitrogens with two attached hydrogens (primary N) is 1. The summed E-state index contributed by atoms with van der Waals surface area (Å²) in [5, 5.41) is 14.5. The number of oxime groups is 1. The summed E-state index contributed by atoms with van der Waals surface area (Å²) in [7, 11) is 1.50. The summed E-state index contributed by atoms with van der Waals surface area (Å²) >= 11 is 0. The number of ether oxygens (including phenoxy) is 1. The van der Waals surface area contributed by atoms with E-state index in [1.54, 1.807) is 18.2 Å². The van der Waals surface area contributed by atoms with Gasteiger partial charge in [0, 0.05) is 12.0 Å². The van der Waals surface area contributed by atoms with E-state index < -0.39 is 0 Å². The van der Waals surface area contributed by atoms with Crippen molar-refractivity contribution in [3.63, 3.8) is 0 Å². The zero-order chi connectivity index (χ0) is 15.0. The van der Waals surface area contributed by atoms with Crippen LogP contribution in [0.1, 0.15) is 38.2 Å². The molecule has 0 heterocycles. The lowest BCUT2D eigenvalue weighted by Gasteiger charge is -2.14. The Balaban J connectivity index is 2.94. The summed E-state index contributed by atoms with van der Waals surface area (Å²) in [6.07, 6.45) is 3.32. The monoisotopic (exact) mass is 279 g/mol. The minimum absolute atomic E-state index is 0.0761. The van der Waals surface area contributed by atoms with Crippen molar-refractivity contribution in [2.75, 3.05) is 12.4 Å². The molecule has 1 rings (SSSR count). The second-order valence-electron chi connectivity index (χ2n) is 4.37. The first-order chi connectivity index (χ1) is 9.63. The largest absolute Gasteiger partial charge is 0.495 e. The number of amidine groups is 1. The smallest absolute Gasteiger partial charge is 0.224 e. The summed E-state index contributed by atoms with van der Waals surface area (Å²) in [6, 6.07) is 5.06. The fourth-order valence-corrected chi connectivity index (χ4v) is 1.83. The van der Waals surface area contributed by atoms with Gasteiger partial charge in [0.15, 0.2) is 5.84 Å². The first-order valence-corrected chi connectivity index (χ1v) is 6.58. The van der Waals surface area contributed by atoms with Crippen LogP contribution in [0, 0.1) is 0 Å². The number of anilines is 1. The maximum Gasteiger partial charge on any atom is 0.224 e. The molecule has 0 spiro atoms. The summed E-state index contributed by atoms with van der Waals surface area (Å²) in [5.41, 5.74) is 6.46. The standard InChI is InChI=1S/C14H21N3O3/c1-3-4-5-9-12(18)16-13-10(14(15)17-19)7-6-8-11(13)20-2/h6-8,19H,3-5,9H2,1-2H3,(H2,15,17)(H,16,18). The van der Waals surface area contributed by atoms with Gasteiger partial charge in [-0.2, -0.15) is 0 Å². The quantitative estimate of drug-likeness (QED) is 0.234. The van der Waals surface area contributed by atoms with Crippen molar-refractivity contribution in [3.8, 4) is 5.75 Å². The number of carbonyl (C=O) groups excluding carboxylic acids is 1. The van der Waals surface area contributed by atoms with Crippen LogP contribution < -0.4 is 15.8 Å². The number of para-hydroxylation sites is 1. The Kier molecular flexibility index (Phi) is 6.36. The van der Waals surface area contributed by atoms with Gasteiger partial charge in [0.1, 0.15) is 5.75 Å². The van der Waals surface area contributed by atoms with E-state index in [4.69, 9.17) is 15.7 Å². The number of amides is 1. The third kappa shape index (κ3) is 4.15. The van der Waals surface area contributed by atoms with Crippen LogP contribution in [0.5, 0.6) is 5.75 Å². The van der Waals surface area contributed by atoms with Crippen LogP contribution in [0.15, 0.2) is 23.4 Å². The van der Waals surface area contributed by atoms with Gasteiger partial charge in [-0.3, -0.25) is 4.79 Å². The molecule has 0 aliphatic rings. The molecule has 0 aliphatic heterocycles. The van der Waals surface area contributed by atoms with Crippen LogP contribution in [0.3, 0.4) is 0 Å². The fraction of sp³-hybridized carbons (Fsp3) is 0.429. The third-order valence-electron chi connectivity index (χ3n) is 2.90. The molecular formula is C14H21N3O3. The highest BCUT2D eigenvalue weighted by molar-refractivity contribution is 6.06. The highest BCUT2D eigenvalue weighted by Gasteiger charge is 2.14. The molecule has 1 amide bonds. The molecule has 0 saturated carbocycles. The predicted octanol–water partition coefficient (Wildman–Crippen LogP) is 2.31. The Labute approximate surface area is 118 Å². The number of hydrogen-bond donors (Lipinski definition) is 3. The molecule has 6 nitrogen and oxygen atoms in total. The average molecular weight is 279 g/mol. The van der Waals surface area contributed by atoms with Crippen molar-refractivity contribution in [2.24, 2.45) is 10.9 Å². The Morgan fingerprint density at radius 3 is 2.80 bits per heavy atom. The molecular weight excluding hydrogens is 258 g/mol. The Morgan fingerprint density at radius 2 is 2.20 bits per heavy atom. The number of methoxy groups -OCH3 is 1. The summed E-state index contributed by atoms with van der Waals surface area (Å²) < 4.78 is 5.20. The number of unbranched alkanes of at least 4 members (excludes halogenated alkanes) is 2. The summed E-state index contributed by atoms with van der Waals surface area (Å²) in [5.74, 6) is 0.278. The molecule has 0 atom stereocenters. The van der Waals surface area contributed by atoms with Crippen molar-refractivity contribution in [2.45, 2.75) is 32.6 Å². The molecule has 1 aromatic rings. The average Bonchev–Trinajstić information content (AvgIpc) is 2.47. The van der Waals surface area contributed by atoms with E-state index in [-0.39, 0.29) is 11.7 Å². The molecule has 6 heteroatoms. The van der Waals surface area contributed by atoms with Gasteiger partial charge in [0.25, 0.3) is 0 Å². The molecule has 1 aromatic carbocycles. The minimum atomic E-state index is -0.116. The Hall–Kier alpha value is -2.24. The topological polar surface area (TPSA) is 96.9 Å². The number of rotatable bonds is 7. The zero-order valence-electron chi connectivity index (χ0n) is 11.8. The van der Waals surface area contributed by atoms with Crippen LogP contribution >= 0.6 is 0 Å². The van der Waals surface area contributed by atoms with E-state index >= 15 is 0 Å². The van der Waals surface area contributed by atoms with E-state index in [9.17, 15) is 4.79 Å². The predicted molar refractivity (Wildman–Crippen MR) is 78.3 cm³/mol. The lowest BCUT2D eigenvalue weighted by Crippen LogP contribution is -2.19. The second-order valence-corrected chi connectivity index (χ2v) is 4.37. The highest BCUT2D eigenvalue weighted by Crippen LogP contribution is 2.28. The molecule has 0 fully saturated rings. The number of carbonyl (C=O) groups is 1. The van der Waals surface area contributed by atoms with Crippen LogP contribution in [-0.2, 0) is 4.79 Å². The van der Waals surface area contributed by atoms with E-state index in [1.807, 2.05) is 0 Å². The van der Waals surface area contributed by atoms with Gasteiger partial charge in [-0.25, -0.2) is 0 Å². The fourth-order valence-electron chi connectivity index (χ4n) is 1.83. The van der Waals surface area contributed by atoms with Crippen molar-refractivity contribution >= 4 is 17.4 Å². The van der Waals surface area contributed by atoms with Gasteiger partial charge in [0.2, 0.25) is 5.91 Å². The van der Waals surface area contributed by atoms with E-state index in [0.29, 0.717) is 23.4 Å². The van der Waals surface area contributed by atoms with Crippen molar-refractivity contribution in [3.05, 3.63) is 23.8 Å². The summed E-state index contributed by atoms with van der Waals surface area (Å²) in [4.78, 5) is 11.9. The first-order valence-electron chi connectivity index (χ1n) is 6.58. The van der Waals surface area contributed by atoms with E-state index in [1.165, 1.54) is 7.11 Å². The van der Waals surface area contributed by atoms with Gasteiger partial charge in [-0.15, -0.1) is 0 Å². The van der Waals surface area contributed by atoms with E-state index in [0.717, 1.165) is 19.3 Å². The lowest BCUT2D eigenvalue weighted by molar-refractivity contribution is -0.116. The van der Waals surface area contributed by atoms with Crippen molar-refractivity contribution in [1.29, 1.82) is 0 Å². The van der Waals surface area contributed by atoms with Crippen LogP contribution in [0.2, 0.25) is 0 Å². The molecule has 4 N–H and O–H groups in total.